The topological polar surface area (TPSA) is 63.3 Å². The van der Waals surface area contributed by atoms with Crippen LogP contribution in [0, 0.1) is 0 Å². The van der Waals surface area contributed by atoms with E-state index in [0.29, 0.717) is 12.2 Å². The SMILES string of the molecule is CCCC[C@@](N)(CSC)C(=O)O.Cl. The van der Waals surface area contributed by atoms with E-state index in [1.807, 2.05) is 13.2 Å². The van der Waals surface area contributed by atoms with Crippen molar-refractivity contribution < 1.29 is 9.90 Å². The molecule has 0 aliphatic carbocycles. The van der Waals surface area contributed by atoms with Crippen molar-refractivity contribution in [1.82, 2.24) is 0 Å². The monoisotopic (exact) mass is 227 g/mol. The second kappa shape index (κ2) is 7.47. The molecular formula is C8H18ClNO2S. The van der Waals surface area contributed by atoms with Crippen LogP contribution in [0.2, 0.25) is 0 Å². The van der Waals surface area contributed by atoms with Crippen LogP contribution in [0.3, 0.4) is 0 Å². The van der Waals surface area contributed by atoms with Gasteiger partial charge in [-0.3, -0.25) is 4.79 Å². The number of thioether (sulfide) groups is 1. The number of nitrogens with two attached hydrogens (primary N) is 1. The first-order chi connectivity index (χ1) is 5.56. The van der Waals surface area contributed by atoms with Gasteiger partial charge in [0.15, 0.2) is 0 Å². The van der Waals surface area contributed by atoms with Crippen LogP contribution in [0.1, 0.15) is 26.2 Å². The number of carbonyl (C=O) groups is 1. The minimum absolute atomic E-state index is 0. The summed E-state index contributed by atoms with van der Waals surface area (Å²) in [5.74, 6) is -0.396. The van der Waals surface area contributed by atoms with Crippen LogP contribution in [0.15, 0.2) is 0 Å². The highest BCUT2D eigenvalue weighted by atomic mass is 35.5. The third-order valence-corrected chi connectivity index (χ3v) is 2.61. The lowest BCUT2D eigenvalue weighted by Gasteiger charge is -2.23. The first-order valence-corrected chi connectivity index (χ1v) is 5.47. The summed E-state index contributed by atoms with van der Waals surface area (Å²) >= 11 is 1.48. The summed E-state index contributed by atoms with van der Waals surface area (Å²) in [5.41, 5.74) is 4.70. The first kappa shape index (κ1) is 15.5. The van der Waals surface area contributed by atoms with Gasteiger partial charge < -0.3 is 10.8 Å². The van der Waals surface area contributed by atoms with Gasteiger partial charge in [0.2, 0.25) is 0 Å². The molecule has 0 fully saturated rings. The molecule has 0 amide bonds. The Morgan fingerprint density at radius 3 is 2.46 bits per heavy atom. The summed E-state index contributed by atoms with van der Waals surface area (Å²) in [4.78, 5) is 10.8. The Labute approximate surface area is 89.9 Å². The van der Waals surface area contributed by atoms with Gasteiger partial charge in [0.1, 0.15) is 5.54 Å². The van der Waals surface area contributed by atoms with E-state index in [1.165, 1.54) is 11.8 Å². The molecule has 0 saturated heterocycles. The van der Waals surface area contributed by atoms with Gasteiger partial charge >= 0.3 is 5.97 Å². The largest absolute Gasteiger partial charge is 0.480 e. The van der Waals surface area contributed by atoms with Crippen LogP contribution < -0.4 is 5.73 Å². The fourth-order valence-corrected chi connectivity index (χ4v) is 1.77. The molecule has 0 aromatic heterocycles. The number of hydrogen-bond donors (Lipinski definition) is 2. The summed E-state index contributed by atoms with van der Waals surface area (Å²) in [6, 6.07) is 0. The van der Waals surface area contributed by atoms with Crippen LogP contribution in [0.4, 0.5) is 0 Å². The van der Waals surface area contributed by atoms with Gasteiger partial charge in [0.25, 0.3) is 0 Å². The quantitative estimate of drug-likeness (QED) is 0.726. The predicted octanol–water partition coefficient (Wildman–Crippen LogP) is 1.74. The molecule has 0 saturated carbocycles. The third-order valence-electron chi connectivity index (χ3n) is 1.80. The Morgan fingerprint density at radius 2 is 2.15 bits per heavy atom. The van der Waals surface area contributed by atoms with Crippen molar-refractivity contribution in [3.05, 3.63) is 0 Å². The molecule has 13 heavy (non-hydrogen) atoms. The molecule has 0 aromatic carbocycles. The zero-order valence-corrected chi connectivity index (χ0v) is 9.71. The second-order valence-electron chi connectivity index (χ2n) is 3.00. The van der Waals surface area contributed by atoms with Gasteiger partial charge in [0, 0.05) is 5.75 Å². The molecule has 1 atom stereocenters. The fourth-order valence-electron chi connectivity index (χ4n) is 0.991. The number of unbranched alkanes of at least 4 members (excludes halogenated alkanes) is 1. The van der Waals surface area contributed by atoms with Crippen LogP contribution in [-0.4, -0.2) is 28.6 Å². The van der Waals surface area contributed by atoms with Crippen LogP contribution in [-0.2, 0) is 4.79 Å². The minimum Gasteiger partial charge on any atom is -0.480 e. The van der Waals surface area contributed by atoms with E-state index in [9.17, 15) is 4.79 Å². The highest BCUT2D eigenvalue weighted by Crippen LogP contribution is 2.16. The number of carboxylic acids is 1. The van der Waals surface area contributed by atoms with Gasteiger partial charge in [-0.15, -0.1) is 12.4 Å². The molecule has 0 aromatic rings. The molecule has 0 heterocycles. The van der Waals surface area contributed by atoms with Crippen molar-refractivity contribution in [2.24, 2.45) is 5.73 Å². The van der Waals surface area contributed by atoms with Gasteiger partial charge in [-0.25, -0.2) is 0 Å². The molecule has 5 heteroatoms. The van der Waals surface area contributed by atoms with Crippen molar-refractivity contribution in [1.29, 1.82) is 0 Å². The molecule has 0 radical (unpaired) electrons. The molecule has 0 bridgehead atoms. The maximum atomic E-state index is 10.8. The van der Waals surface area contributed by atoms with E-state index in [0.717, 1.165) is 12.8 Å². The highest BCUT2D eigenvalue weighted by Gasteiger charge is 2.32. The van der Waals surface area contributed by atoms with Crippen LogP contribution in [0.25, 0.3) is 0 Å². The van der Waals surface area contributed by atoms with Crippen molar-refractivity contribution in [3.63, 3.8) is 0 Å². The summed E-state index contributed by atoms with van der Waals surface area (Å²) < 4.78 is 0. The average molecular weight is 228 g/mol. The number of carboxylic acid groups (broad SMARTS) is 1. The Kier molecular flexibility index (Phi) is 8.93. The number of aliphatic carboxylic acids is 1. The number of rotatable bonds is 6. The van der Waals surface area contributed by atoms with Crippen LogP contribution in [0.5, 0.6) is 0 Å². The van der Waals surface area contributed by atoms with E-state index in [-0.39, 0.29) is 12.4 Å². The standard InChI is InChI=1S/C8H17NO2S.ClH/c1-3-4-5-8(9,6-12-2)7(10)11;/h3-6,9H2,1-2H3,(H,10,11);1H/t8-;/m1./s1. The fraction of sp³-hybridized carbons (Fsp3) is 0.875. The number of hydrogen-bond acceptors (Lipinski definition) is 3. The lowest BCUT2D eigenvalue weighted by Crippen LogP contribution is -2.50. The van der Waals surface area contributed by atoms with E-state index >= 15 is 0 Å². The zero-order valence-electron chi connectivity index (χ0n) is 8.08. The molecule has 80 valence electrons. The molecule has 0 aliphatic rings. The Balaban J connectivity index is 0. The average Bonchev–Trinajstić information content (AvgIpc) is 2.01. The van der Waals surface area contributed by atoms with E-state index in [2.05, 4.69) is 0 Å². The predicted molar refractivity (Wildman–Crippen MR) is 59.7 cm³/mol. The van der Waals surface area contributed by atoms with E-state index in [1.54, 1.807) is 0 Å². The Hall–Kier alpha value is 0.0700. The van der Waals surface area contributed by atoms with E-state index in [4.69, 9.17) is 10.8 Å². The normalized spacial score (nSPS) is 14.4. The lowest BCUT2D eigenvalue weighted by atomic mass is 9.96. The summed E-state index contributed by atoms with van der Waals surface area (Å²) in [6.45, 7) is 2.03. The summed E-state index contributed by atoms with van der Waals surface area (Å²) in [5, 5.41) is 8.85. The molecular weight excluding hydrogens is 210 g/mol. The van der Waals surface area contributed by atoms with Crippen molar-refractivity contribution in [2.75, 3.05) is 12.0 Å². The Morgan fingerprint density at radius 1 is 1.62 bits per heavy atom. The molecule has 0 aliphatic heterocycles. The molecule has 3 N–H and O–H groups in total. The summed E-state index contributed by atoms with van der Waals surface area (Å²) in [7, 11) is 0. The van der Waals surface area contributed by atoms with Gasteiger partial charge in [0.05, 0.1) is 0 Å². The van der Waals surface area contributed by atoms with Crippen LogP contribution >= 0.6 is 24.2 Å². The zero-order chi connectivity index (χ0) is 9.61. The van der Waals surface area contributed by atoms with Crippen molar-refractivity contribution in [3.8, 4) is 0 Å². The molecule has 0 unspecified atom stereocenters. The van der Waals surface area contributed by atoms with E-state index < -0.39 is 11.5 Å². The summed E-state index contributed by atoms with van der Waals surface area (Å²) in [6.07, 6.45) is 4.31. The number of halogens is 1. The van der Waals surface area contributed by atoms with Crippen molar-refractivity contribution >= 4 is 30.1 Å². The molecule has 0 spiro atoms. The third kappa shape index (κ3) is 5.39. The van der Waals surface area contributed by atoms with Gasteiger partial charge in [-0.05, 0) is 12.7 Å². The second-order valence-corrected chi connectivity index (χ2v) is 3.86. The van der Waals surface area contributed by atoms with Gasteiger partial charge in [-0.1, -0.05) is 19.8 Å². The Bertz CT molecular complexity index is 157. The molecule has 3 nitrogen and oxygen atoms in total. The van der Waals surface area contributed by atoms with Gasteiger partial charge in [-0.2, -0.15) is 11.8 Å². The smallest absolute Gasteiger partial charge is 0.324 e. The van der Waals surface area contributed by atoms with Crippen molar-refractivity contribution in [2.45, 2.75) is 31.7 Å². The minimum atomic E-state index is -1.02. The molecule has 0 rings (SSSR count). The maximum absolute atomic E-state index is 10.8. The maximum Gasteiger partial charge on any atom is 0.324 e. The first-order valence-electron chi connectivity index (χ1n) is 4.08. The lowest BCUT2D eigenvalue weighted by molar-refractivity contribution is -0.142. The highest BCUT2D eigenvalue weighted by molar-refractivity contribution is 7.98.